The summed E-state index contributed by atoms with van der Waals surface area (Å²) in [7, 11) is 0. The van der Waals surface area contributed by atoms with Crippen molar-refractivity contribution in [1.82, 2.24) is 4.90 Å². The normalized spacial score (nSPS) is 23.4. The average molecular weight is 283 g/mol. The molecule has 1 amide bonds. The van der Waals surface area contributed by atoms with E-state index in [4.69, 9.17) is 9.52 Å². The molecule has 2 unspecified atom stereocenters. The van der Waals surface area contributed by atoms with E-state index in [1.807, 2.05) is 23.1 Å². The third-order valence-corrected chi connectivity index (χ3v) is 4.21. The van der Waals surface area contributed by atoms with E-state index in [-0.39, 0.29) is 23.6 Å². The monoisotopic (exact) mass is 283 g/mol. The second-order valence-electron chi connectivity index (χ2n) is 5.55. The molecule has 2 aromatic rings. The molecule has 0 saturated carbocycles. The first kappa shape index (κ1) is 12.2. The molecule has 2 heterocycles. The Morgan fingerprint density at radius 1 is 1.33 bits per heavy atom. The van der Waals surface area contributed by atoms with Crippen molar-refractivity contribution < 1.29 is 19.1 Å². The summed E-state index contributed by atoms with van der Waals surface area (Å²) in [5.74, 6) is -0.918. The highest BCUT2D eigenvalue weighted by atomic mass is 16.4. The minimum absolute atomic E-state index is 0.0475. The van der Waals surface area contributed by atoms with Crippen LogP contribution >= 0.6 is 0 Å². The SMILES string of the molecule is O=C(O)c1cc2cc(CN3C(=O)C4C=CC3C4)ccc2o1. The molecule has 1 aliphatic carbocycles. The van der Waals surface area contributed by atoms with Crippen molar-refractivity contribution in [3.63, 3.8) is 0 Å². The van der Waals surface area contributed by atoms with Gasteiger partial charge in [-0.25, -0.2) is 4.79 Å². The highest BCUT2D eigenvalue weighted by Gasteiger charge is 2.40. The maximum atomic E-state index is 12.1. The van der Waals surface area contributed by atoms with Gasteiger partial charge in [0, 0.05) is 11.9 Å². The second kappa shape index (κ2) is 4.22. The molecule has 106 valence electrons. The van der Waals surface area contributed by atoms with Gasteiger partial charge >= 0.3 is 5.97 Å². The van der Waals surface area contributed by atoms with Crippen molar-refractivity contribution in [2.24, 2.45) is 5.92 Å². The van der Waals surface area contributed by atoms with Crippen LogP contribution in [0.3, 0.4) is 0 Å². The van der Waals surface area contributed by atoms with Crippen LogP contribution in [0.25, 0.3) is 11.0 Å². The molecule has 2 aliphatic rings. The predicted octanol–water partition coefficient (Wildman–Crippen LogP) is 2.42. The number of rotatable bonds is 3. The molecule has 1 N–H and O–H groups in total. The third kappa shape index (κ3) is 1.85. The lowest BCUT2D eigenvalue weighted by atomic mass is 10.1. The number of carbonyl (C=O) groups is 2. The first-order valence-electron chi connectivity index (χ1n) is 6.86. The third-order valence-electron chi connectivity index (χ3n) is 4.21. The number of benzene rings is 1. The molecule has 0 radical (unpaired) electrons. The predicted molar refractivity (Wildman–Crippen MR) is 74.8 cm³/mol. The number of furan rings is 1. The van der Waals surface area contributed by atoms with E-state index in [1.165, 1.54) is 6.07 Å². The fraction of sp³-hybridized carbons (Fsp3) is 0.250. The van der Waals surface area contributed by atoms with Crippen molar-refractivity contribution in [2.75, 3.05) is 0 Å². The quantitative estimate of drug-likeness (QED) is 0.878. The number of carboxylic acids is 1. The van der Waals surface area contributed by atoms with Crippen molar-refractivity contribution >= 4 is 22.8 Å². The molecule has 1 saturated heterocycles. The summed E-state index contributed by atoms with van der Waals surface area (Å²) in [5, 5.41) is 9.68. The number of hydrogen-bond acceptors (Lipinski definition) is 3. The van der Waals surface area contributed by atoms with Gasteiger partial charge in [0.25, 0.3) is 0 Å². The topological polar surface area (TPSA) is 70.8 Å². The van der Waals surface area contributed by atoms with E-state index in [9.17, 15) is 9.59 Å². The summed E-state index contributed by atoms with van der Waals surface area (Å²) < 4.78 is 5.23. The first-order chi connectivity index (χ1) is 10.1. The molecule has 1 aromatic carbocycles. The number of amides is 1. The van der Waals surface area contributed by atoms with E-state index in [2.05, 4.69) is 6.08 Å². The lowest BCUT2D eigenvalue weighted by molar-refractivity contribution is -0.131. The number of fused-ring (bicyclic) bond motifs is 3. The van der Waals surface area contributed by atoms with Gasteiger partial charge in [-0.1, -0.05) is 18.2 Å². The molecule has 0 spiro atoms. The highest BCUT2D eigenvalue weighted by Crippen LogP contribution is 2.34. The summed E-state index contributed by atoms with van der Waals surface area (Å²) in [6.07, 6.45) is 4.96. The fourth-order valence-electron chi connectivity index (χ4n) is 3.16. The van der Waals surface area contributed by atoms with Crippen LogP contribution < -0.4 is 0 Å². The number of nitrogens with zero attached hydrogens (tertiary/aromatic N) is 1. The molecule has 21 heavy (non-hydrogen) atoms. The van der Waals surface area contributed by atoms with Gasteiger partial charge in [-0.15, -0.1) is 0 Å². The molecule has 1 aliphatic heterocycles. The highest BCUT2D eigenvalue weighted by molar-refractivity contribution is 5.91. The Morgan fingerprint density at radius 2 is 2.19 bits per heavy atom. The minimum atomic E-state index is -1.08. The molecule has 1 aromatic heterocycles. The number of aromatic carboxylic acids is 1. The lowest BCUT2D eigenvalue weighted by Gasteiger charge is -2.24. The van der Waals surface area contributed by atoms with Crippen LogP contribution in [-0.4, -0.2) is 27.9 Å². The maximum Gasteiger partial charge on any atom is 0.371 e. The number of hydrogen-bond donors (Lipinski definition) is 1. The van der Waals surface area contributed by atoms with E-state index >= 15 is 0 Å². The van der Waals surface area contributed by atoms with Gasteiger partial charge in [0.05, 0.1) is 12.0 Å². The van der Waals surface area contributed by atoms with Crippen molar-refractivity contribution in [3.05, 3.63) is 47.7 Å². The molecule has 1 fully saturated rings. The summed E-state index contributed by atoms with van der Waals surface area (Å²) in [6.45, 7) is 0.549. The van der Waals surface area contributed by atoms with Crippen LogP contribution in [0.2, 0.25) is 0 Å². The summed E-state index contributed by atoms with van der Waals surface area (Å²) in [4.78, 5) is 24.9. The molecule has 2 atom stereocenters. The van der Waals surface area contributed by atoms with Crippen molar-refractivity contribution in [1.29, 1.82) is 0 Å². The lowest BCUT2D eigenvalue weighted by Crippen LogP contribution is -2.34. The van der Waals surface area contributed by atoms with Crippen LogP contribution in [-0.2, 0) is 11.3 Å². The summed E-state index contributed by atoms with van der Waals surface area (Å²) in [6, 6.07) is 7.23. The zero-order valence-corrected chi connectivity index (χ0v) is 11.2. The summed E-state index contributed by atoms with van der Waals surface area (Å²) in [5.41, 5.74) is 1.53. The van der Waals surface area contributed by atoms with Crippen molar-refractivity contribution in [2.45, 2.75) is 19.0 Å². The zero-order valence-electron chi connectivity index (χ0n) is 11.2. The van der Waals surface area contributed by atoms with Gasteiger partial charge in [-0.05, 0) is 30.2 Å². The number of likely N-dealkylation sites (tertiary alicyclic amines) is 1. The van der Waals surface area contributed by atoms with Crippen LogP contribution in [0.15, 0.2) is 40.8 Å². The molecular formula is C16H13NO4. The van der Waals surface area contributed by atoms with Crippen LogP contribution in [0.1, 0.15) is 22.5 Å². The Morgan fingerprint density at radius 3 is 2.90 bits per heavy atom. The standard InChI is InChI=1S/C16H13NO4/c18-15-10-2-3-12(6-10)17(15)8-9-1-4-13-11(5-9)7-14(21-13)16(19)20/h1-5,7,10,12H,6,8H2,(H,19,20). The Kier molecular flexibility index (Phi) is 2.45. The first-order valence-corrected chi connectivity index (χ1v) is 6.86. The Bertz CT molecular complexity index is 789. The van der Waals surface area contributed by atoms with Gasteiger partial charge in [-0.3, -0.25) is 4.79 Å². The van der Waals surface area contributed by atoms with Gasteiger partial charge < -0.3 is 14.4 Å². The Balaban J connectivity index is 1.64. The van der Waals surface area contributed by atoms with Crippen LogP contribution in [0.5, 0.6) is 0 Å². The van der Waals surface area contributed by atoms with E-state index in [0.29, 0.717) is 12.1 Å². The molecule has 4 rings (SSSR count). The van der Waals surface area contributed by atoms with E-state index in [1.54, 1.807) is 6.07 Å². The smallest absolute Gasteiger partial charge is 0.371 e. The molecule has 5 nitrogen and oxygen atoms in total. The maximum absolute atomic E-state index is 12.1. The summed E-state index contributed by atoms with van der Waals surface area (Å²) >= 11 is 0. The largest absolute Gasteiger partial charge is 0.475 e. The number of carboxylic acid groups (broad SMARTS) is 1. The fourth-order valence-corrected chi connectivity index (χ4v) is 3.16. The molecule has 5 heteroatoms. The van der Waals surface area contributed by atoms with Gasteiger partial charge in [-0.2, -0.15) is 0 Å². The van der Waals surface area contributed by atoms with Crippen molar-refractivity contribution in [3.8, 4) is 0 Å². The van der Waals surface area contributed by atoms with Gasteiger partial charge in [0.15, 0.2) is 0 Å². The minimum Gasteiger partial charge on any atom is -0.475 e. The Hall–Kier alpha value is -2.56. The molecule has 2 bridgehead atoms. The van der Waals surface area contributed by atoms with Gasteiger partial charge in [0.1, 0.15) is 5.58 Å². The van der Waals surface area contributed by atoms with Crippen LogP contribution in [0.4, 0.5) is 0 Å². The molecular weight excluding hydrogens is 270 g/mol. The zero-order chi connectivity index (χ0) is 14.6. The average Bonchev–Trinajstić information content (AvgIpc) is 3.14. The Labute approximate surface area is 120 Å². The van der Waals surface area contributed by atoms with E-state index < -0.39 is 5.97 Å². The number of carbonyl (C=O) groups excluding carboxylic acids is 1. The van der Waals surface area contributed by atoms with Gasteiger partial charge in [0.2, 0.25) is 11.7 Å². The van der Waals surface area contributed by atoms with Crippen LogP contribution in [0, 0.1) is 5.92 Å². The second-order valence-corrected chi connectivity index (χ2v) is 5.55. The van der Waals surface area contributed by atoms with E-state index in [0.717, 1.165) is 17.4 Å².